The summed E-state index contributed by atoms with van der Waals surface area (Å²) in [7, 11) is 0. The summed E-state index contributed by atoms with van der Waals surface area (Å²) in [6.07, 6.45) is 2.02. The maximum Gasteiger partial charge on any atom is 0.240 e. The first-order chi connectivity index (χ1) is 11.2. The van der Waals surface area contributed by atoms with E-state index in [1.165, 1.54) is 11.3 Å². The van der Waals surface area contributed by atoms with Crippen LogP contribution in [0.15, 0.2) is 4.34 Å². The summed E-state index contributed by atoms with van der Waals surface area (Å²) < 4.78 is 0.873. The monoisotopic (exact) mass is 353 g/mol. The van der Waals surface area contributed by atoms with Crippen molar-refractivity contribution in [3.63, 3.8) is 0 Å². The van der Waals surface area contributed by atoms with E-state index in [9.17, 15) is 4.79 Å². The van der Waals surface area contributed by atoms with E-state index < -0.39 is 0 Å². The second kappa shape index (κ2) is 7.37. The fourth-order valence-electron chi connectivity index (χ4n) is 2.60. The van der Waals surface area contributed by atoms with Crippen LogP contribution in [0.5, 0.6) is 0 Å². The normalized spacial score (nSPS) is 18.4. The minimum Gasteiger partial charge on any atom is -0.299 e. The molecule has 1 amide bonds. The van der Waals surface area contributed by atoms with Crippen molar-refractivity contribution in [2.45, 2.75) is 37.1 Å². The van der Waals surface area contributed by atoms with Gasteiger partial charge in [-0.1, -0.05) is 30.0 Å². The standard InChI is InChI=1S/C13H19N7OS2/c1-3-22-13-19-18-12(23-13)15-10(21)7-20-6-4-5-9(20)11-14-8(2)16-17-11/h9H,3-7H2,1-2H3,(H,14,16,17)(H,15,18,21)/t9-/m1/s1. The van der Waals surface area contributed by atoms with Gasteiger partial charge in [-0.25, -0.2) is 4.98 Å². The van der Waals surface area contributed by atoms with Gasteiger partial charge >= 0.3 is 0 Å². The van der Waals surface area contributed by atoms with E-state index >= 15 is 0 Å². The molecule has 2 N–H and O–H groups in total. The van der Waals surface area contributed by atoms with Crippen LogP contribution in [0.4, 0.5) is 5.13 Å². The number of amides is 1. The summed E-state index contributed by atoms with van der Waals surface area (Å²) in [5.74, 6) is 2.43. The van der Waals surface area contributed by atoms with E-state index in [0.29, 0.717) is 11.7 Å². The largest absolute Gasteiger partial charge is 0.299 e. The first-order valence-electron chi connectivity index (χ1n) is 7.55. The Bertz CT molecular complexity index is 671. The van der Waals surface area contributed by atoms with Crippen LogP contribution in [-0.4, -0.2) is 55.0 Å². The molecule has 1 saturated heterocycles. The molecule has 3 rings (SSSR count). The minimum absolute atomic E-state index is 0.0756. The summed E-state index contributed by atoms with van der Waals surface area (Å²) in [6, 6.07) is 0.103. The molecular weight excluding hydrogens is 334 g/mol. The lowest BCUT2D eigenvalue weighted by molar-refractivity contribution is -0.117. The second-order valence-corrected chi connectivity index (χ2v) is 7.75. The number of carbonyl (C=O) groups excluding carboxylic acids is 1. The molecule has 8 nitrogen and oxygen atoms in total. The van der Waals surface area contributed by atoms with Gasteiger partial charge < -0.3 is 0 Å². The van der Waals surface area contributed by atoms with Crippen molar-refractivity contribution in [2.75, 3.05) is 24.2 Å². The quantitative estimate of drug-likeness (QED) is 0.604. The lowest BCUT2D eigenvalue weighted by atomic mass is 10.2. The average molecular weight is 353 g/mol. The Kier molecular flexibility index (Phi) is 5.23. The molecule has 1 atom stereocenters. The van der Waals surface area contributed by atoms with Crippen LogP contribution in [0.25, 0.3) is 0 Å². The number of hydrogen-bond donors (Lipinski definition) is 2. The first kappa shape index (κ1) is 16.3. The third-order valence-electron chi connectivity index (χ3n) is 3.54. The van der Waals surface area contributed by atoms with E-state index in [0.717, 1.165) is 41.1 Å². The van der Waals surface area contributed by atoms with Crippen LogP contribution in [0.3, 0.4) is 0 Å². The number of carbonyl (C=O) groups is 1. The van der Waals surface area contributed by atoms with Crippen molar-refractivity contribution in [2.24, 2.45) is 0 Å². The Labute approximate surface area is 142 Å². The molecule has 124 valence electrons. The molecule has 0 bridgehead atoms. The summed E-state index contributed by atoms with van der Waals surface area (Å²) in [4.78, 5) is 18.8. The van der Waals surface area contributed by atoms with Gasteiger partial charge in [-0.15, -0.1) is 10.2 Å². The van der Waals surface area contributed by atoms with Gasteiger partial charge in [-0.2, -0.15) is 5.10 Å². The molecule has 0 aromatic carbocycles. The Morgan fingerprint density at radius 1 is 1.52 bits per heavy atom. The number of aryl methyl sites for hydroxylation is 1. The van der Waals surface area contributed by atoms with Gasteiger partial charge in [0.25, 0.3) is 0 Å². The van der Waals surface area contributed by atoms with Gasteiger partial charge in [0, 0.05) is 0 Å². The molecule has 0 radical (unpaired) electrons. The molecule has 1 aliphatic rings. The first-order valence-corrected chi connectivity index (χ1v) is 9.35. The second-order valence-electron chi connectivity index (χ2n) is 5.26. The summed E-state index contributed by atoms with van der Waals surface area (Å²) >= 11 is 3.02. The zero-order valence-electron chi connectivity index (χ0n) is 13.1. The molecule has 3 heterocycles. The van der Waals surface area contributed by atoms with Crippen molar-refractivity contribution in [3.05, 3.63) is 11.6 Å². The molecule has 2 aromatic rings. The van der Waals surface area contributed by atoms with E-state index in [1.807, 2.05) is 6.92 Å². The molecule has 0 unspecified atom stereocenters. The number of rotatable bonds is 6. The zero-order chi connectivity index (χ0) is 16.2. The topological polar surface area (TPSA) is 99.7 Å². The molecule has 0 spiro atoms. The van der Waals surface area contributed by atoms with Crippen molar-refractivity contribution in [1.82, 2.24) is 30.3 Å². The molecule has 0 saturated carbocycles. The predicted molar refractivity (Wildman–Crippen MR) is 89.6 cm³/mol. The average Bonchev–Trinajstić information content (AvgIpc) is 3.21. The molecule has 1 aliphatic heterocycles. The number of anilines is 1. The predicted octanol–water partition coefficient (Wildman–Crippen LogP) is 1.85. The van der Waals surface area contributed by atoms with Crippen LogP contribution < -0.4 is 5.32 Å². The van der Waals surface area contributed by atoms with Crippen LogP contribution in [0.1, 0.15) is 37.5 Å². The Balaban J connectivity index is 1.58. The summed E-state index contributed by atoms with van der Waals surface area (Å²) in [6.45, 7) is 5.12. The maximum atomic E-state index is 12.2. The fraction of sp³-hybridized carbons (Fsp3) is 0.615. The highest BCUT2D eigenvalue weighted by atomic mass is 32.2. The number of aromatic amines is 1. The molecular formula is C13H19N7OS2. The third kappa shape index (κ3) is 4.06. The van der Waals surface area contributed by atoms with E-state index in [4.69, 9.17) is 0 Å². The van der Waals surface area contributed by atoms with Gasteiger partial charge in [-0.3, -0.25) is 20.1 Å². The van der Waals surface area contributed by atoms with E-state index in [-0.39, 0.29) is 11.9 Å². The van der Waals surface area contributed by atoms with Gasteiger partial charge in [0.05, 0.1) is 12.6 Å². The molecule has 1 fully saturated rings. The van der Waals surface area contributed by atoms with Crippen LogP contribution in [0.2, 0.25) is 0 Å². The number of nitrogens with one attached hydrogen (secondary N) is 2. The highest BCUT2D eigenvalue weighted by Gasteiger charge is 2.30. The number of likely N-dealkylation sites (tertiary alicyclic amines) is 1. The number of H-pyrrole nitrogens is 1. The molecule has 2 aromatic heterocycles. The van der Waals surface area contributed by atoms with Gasteiger partial charge in [-0.05, 0) is 32.1 Å². The number of thioether (sulfide) groups is 1. The van der Waals surface area contributed by atoms with Gasteiger partial charge in [0.15, 0.2) is 10.2 Å². The SMILES string of the molecule is CCSc1nnc(NC(=O)CN2CCC[C@@H]2c2n[nH]c(C)n2)s1. The molecule has 10 heteroatoms. The molecule has 23 heavy (non-hydrogen) atoms. The van der Waals surface area contributed by atoms with Crippen molar-refractivity contribution >= 4 is 34.1 Å². The summed E-state index contributed by atoms with van der Waals surface area (Å²) in [5.41, 5.74) is 0. The maximum absolute atomic E-state index is 12.2. The lowest BCUT2D eigenvalue weighted by Crippen LogP contribution is -2.33. The minimum atomic E-state index is -0.0756. The van der Waals surface area contributed by atoms with E-state index in [1.54, 1.807) is 11.8 Å². The van der Waals surface area contributed by atoms with Crippen LogP contribution in [-0.2, 0) is 4.79 Å². The lowest BCUT2D eigenvalue weighted by Gasteiger charge is -2.20. The Morgan fingerprint density at radius 2 is 2.39 bits per heavy atom. The Hall–Kier alpha value is -1.52. The molecule has 0 aliphatic carbocycles. The smallest absolute Gasteiger partial charge is 0.240 e. The van der Waals surface area contributed by atoms with Crippen molar-refractivity contribution < 1.29 is 4.79 Å². The number of hydrogen-bond acceptors (Lipinski definition) is 8. The zero-order valence-corrected chi connectivity index (χ0v) is 14.7. The third-order valence-corrected chi connectivity index (χ3v) is 5.40. The van der Waals surface area contributed by atoms with Gasteiger partial charge in [0.2, 0.25) is 11.0 Å². The highest BCUT2D eigenvalue weighted by molar-refractivity contribution is 8.01. The van der Waals surface area contributed by atoms with Crippen LogP contribution in [0, 0.1) is 6.92 Å². The fourth-order valence-corrected chi connectivity index (χ4v) is 4.27. The van der Waals surface area contributed by atoms with Crippen molar-refractivity contribution in [3.8, 4) is 0 Å². The number of nitrogens with zero attached hydrogens (tertiary/aromatic N) is 5. The number of aromatic nitrogens is 5. The Morgan fingerprint density at radius 3 is 3.13 bits per heavy atom. The van der Waals surface area contributed by atoms with Crippen LogP contribution >= 0.6 is 23.1 Å². The van der Waals surface area contributed by atoms with E-state index in [2.05, 4.69) is 42.5 Å². The van der Waals surface area contributed by atoms with Crippen molar-refractivity contribution in [1.29, 1.82) is 0 Å². The highest BCUT2D eigenvalue weighted by Crippen LogP contribution is 2.29. The summed E-state index contributed by atoms with van der Waals surface area (Å²) in [5, 5.41) is 18.5. The van der Waals surface area contributed by atoms with Gasteiger partial charge in [0.1, 0.15) is 5.82 Å².